The minimum absolute atomic E-state index is 0.508. The summed E-state index contributed by atoms with van der Waals surface area (Å²) in [6.45, 7) is 10.6. The summed E-state index contributed by atoms with van der Waals surface area (Å²) in [5.41, 5.74) is 2.59. The van der Waals surface area contributed by atoms with Crippen LogP contribution < -0.4 is 10.1 Å². The maximum Gasteiger partial charge on any atom is 0.123 e. The van der Waals surface area contributed by atoms with Gasteiger partial charge in [-0.2, -0.15) is 0 Å². The summed E-state index contributed by atoms with van der Waals surface area (Å²) in [5, 5.41) is 3.55. The lowest BCUT2D eigenvalue weighted by Gasteiger charge is -2.20. The Balaban J connectivity index is 2.02. The maximum atomic E-state index is 6.13. The third-order valence-electron chi connectivity index (χ3n) is 3.87. The Morgan fingerprint density at radius 3 is 2.63 bits per heavy atom. The van der Waals surface area contributed by atoms with Gasteiger partial charge in [0.2, 0.25) is 0 Å². The number of hydrogen-bond donors (Lipinski definition) is 1. The second-order valence-corrected chi connectivity index (χ2v) is 6.01. The number of rotatable bonds is 7. The Kier molecular flexibility index (Phi) is 4.87. The average molecular weight is 261 g/mol. The van der Waals surface area contributed by atoms with Gasteiger partial charge in [0, 0.05) is 6.04 Å². The Labute approximate surface area is 117 Å². The number of likely N-dealkylation sites (N-methyl/N-ethyl adjacent to an activating group) is 1. The summed E-state index contributed by atoms with van der Waals surface area (Å²) >= 11 is 0. The summed E-state index contributed by atoms with van der Waals surface area (Å²) in [6, 6.07) is 7.07. The van der Waals surface area contributed by atoms with Crippen molar-refractivity contribution in [3.63, 3.8) is 0 Å². The molecule has 0 bridgehead atoms. The van der Waals surface area contributed by atoms with Crippen LogP contribution in [-0.4, -0.2) is 19.2 Å². The molecule has 0 radical (unpaired) electrons. The molecule has 1 fully saturated rings. The zero-order valence-corrected chi connectivity index (χ0v) is 12.7. The summed E-state index contributed by atoms with van der Waals surface area (Å²) in [5.74, 6) is 2.40. The molecule has 0 heterocycles. The van der Waals surface area contributed by atoms with Crippen molar-refractivity contribution in [2.75, 3.05) is 13.2 Å². The second-order valence-electron chi connectivity index (χ2n) is 6.01. The van der Waals surface area contributed by atoms with E-state index in [1.807, 2.05) is 0 Å². The van der Waals surface area contributed by atoms with E-state index in [0.29, 0.717) is 12.0 Å². The monoisotopic (exact) mass is 261 g/mol. The SMILES string of the molecule is CCNC(COc1cc(C)ccc1C(C)C)C1CC1. The molecule has 1 aromatic carbocycles. The van der Waals surface area contributed by atoms with E-state index in [4.69, 9.17) is 4.74 Å². The van der Waals surface area contributed by atoms with Gasteiger partial charge in [0.1, 0.15) is 12.4 Å². The molecule has 1 unspecified atom stereocenters. The number of benzene rings is 1. The van der Waals surface area contributed by atoms with E-state index in [-0.39, 0.29) is 0 Å². The Morgan fingerprint density at radius 1 is 1.32 bits per heavy atom. The van der Waals surface area contributed by atoms with Crippen LogP contribution in [0.25, 0.3) is 0 Å². The molecule has 1 saturated carbocycles. The number of aryl methyl sites for hydroxylation is 1. The van der Waals surface area contributed by atoms with E-state index >= 15 is 0 Å². The fourth-order valence-corrected chi connectivity index (χ4v) is 2.55. The number of hydrogen-bond acceptors (Lipinski definition) is 2. The standard InChI is InChI=1S/C17H27NO/c1-5-18-16(14-7-8-14)11-19-17-10-13(4)6-9-15(17)12(2)3/h6,9-10,12,14,16,18H,5,7-8,11H2,1-4H3. The van der Waals surface area contributed by atoms with Crippen LogP contribution in [0.15, 0.2) is 18.2 Å². The molecule has 2 rings (SSSR count). The smallest absolute Gasteiger partial charge is 0.123 e. The molecule has 0 amide bonds. The van der Waals surface area contributed by atoms with Crippen molar-refractivity contribution in [2.24, 2.45) is 5.92 Å². The lowest BCUT2D eigenvalue weighted by Crippen LogP contribution is -2.36. The van der Waals surface area contributed by atoms with Gasteiger partial charge in [-0.25, -0.2) is 0 Å². The van der Waals surface area contributed by atoms with Crippen molar-refractivity contribution in [1.29, 1.82) is 0 Å². The predicted molar refractivity (Wildman–Crippen MR) is 81.0 cm³/mol. The van der Waals surface area contributed by atoms with Gasteiger partial charge in [-0.15, -0.1) is 0 Å². The van der Waals surface area contributed by atoms with Crippen molar-refractivity contribution in [2.45, 2.75) is 52.5 Å². The summed E-state index contributed by atoms with van der Waals surface area (Å²) in [4.78, 5) is 0. The quantitative estimate of drug-likeness (QED) is 0.804. The summed E-state index contributed by atoms with van der Waals surface area (Å²) in [7, 11) is 0. The van der Waals surface area contributed by atoms with Gasteiger partial charge in [-0.05, 0) is 55.3 Å². The van der Waals surface area contributed by atoms with Crippen molar-refractivity contribution >= 4 is 0 Å². The molecule has 106 valence electrons. The molecule has 0 aliphatic heterocycles. The molecule has 19 heavy (non-hydrogen) atoms. The molecule has 2 heteroatoms. The number of nitrogens with one attached hydrogen (secondary N) is 1. The fraction of sp³-hybridized carbons (Fsp3) is 0.647. The third-order valence-corrected chi connectivity index (χ3v) is 3.87. The van der Waals surface area contributed by atoms with Gasteiger partial charge in [-0.3, -0.25) is 0 Å². The van der Waals surface area contributed by atoms with Gasteiger partial charge in [0.15, 0.2) is 0 Å². The van der Waals surface area contributed by atoms with Crippen molar-refractivity contribution in [1.82, 2.24) is 5.32 Å². The topological polar surface area (TPSA) is 21.3 Å². The van der Waals surface area contributed by atoms with Gasteiger partial charge in [-0.1, -0.05) is 32.9 Å². The first-order valence-corrected chi connectivity index (χ1v) is 7.58. The molecular formula is C17H27NO. The van der Waals surface area contributed by atoms with E-state index in [1.54, 1.807) is 0 Å². The van der Waals surface area contributed by atoms with Crippen LogP contribution >= 0.6 is 0 Å². The third kappa shape index (κ3) is 3.97. The average Bonchev–Trinajstić information content (AvgIpc) is 3.18. The summed E-state index contributed by atoms with van der Waals surface area (Å²) in [6.07, 6.45) is 2.71. The largest absolute Gasteiger partial charge is 0.492 e. The molecule has 1 N–H and O–H groups in total. The first-order valence-electron chi connectivity index (χ1n) is 7.58. The molecule has 2 nitrogen and oxygen atoms in total. The number of ether oxygens (including phenoxy) is 1. The van der Waals surface area contributed by atoms with Gasteiger partial charge in [0.05, 0.1) is 0 Å². The van der Waals surface area contributed by atoms with Crippen LogP contribution in [-0.2, 0) is 0 Å². The fourth-order valence-electron chi connectivity index (χ4n) is 2.55. The van der Waals surface area contributed by atoms with Gasteiger partial charge in [0.25, 0.3) is 0 Å². The highest BCUT2D eigenvalue weighted by Crippen LogP contribution is 2.34. The predicted octanol–water partition coefficient (Wildman–Crippen LogP) is 3.89. The molecule has 0 aromatic heterocycles. The zero-order valence-electron chi connectivity index (χ0n) is 12.7. The van der Waals surface area contributed by atoms with Crippen molar-refractivity contribution in [3.8, 4) is 5.75 Å². The highest BCUT2D eigenvalue weighted by molar-refractivity contribution is 5.39. The van der Waals surface area contributed by atoms with Gasteiger partial charge >= 0.3 is 0 Å². The first kappa shape index (κ1) is 14.4. The van der Waals surface area contributed by atoms with Crippen LogP contribution in [0.2, 0.25) is 0 Å². The molecular weight excluding hydrogens is 234 g/mol. The molecule has 1 aliphatic rings. The molecule has 0 saturated heterocycles. The molecule has 1 atom stereocenters. The first-order chi connectivity index (χ1) is 9.11. The van der Waals surface area contributed by atoms with Crippen LogP contribution in [0.1, 0.15) is 50.7 Å². The second kappa shape index (κ2) is 6.42. The molecule has 0 spiro atoms. The van der Waals surface area contributed by atoms with E-state index in [1.165, 1.54) is 24.0 Å². The van der Waals surface area contributed by atoms with E-state index in [2.05, 4.69) is 51.2 Å². The minimum Gasteiger partial charge on any atom is -0.492 e. The summed E-state index contributed by atoms with van der Waals surface area (Å²) < 4.78 is 6.13. The van der Waals surface area contributed by atoms with Crippen molar-refractivity contribution < 1.29 is 4.74 Å². The van der Waals surface area contributed by atoms with E-state index in [0.717, 1.165) is 24.8 Å². The maximum absolute atomic E-state index is 6.13. The minimum atomic E-state index is 0.508. The highest BCUT2D eigenvalue weighted by atomic mass is 16.5. The van der Waals surface area contributed by atoms with E-state index < -0.39 is 0 Å². The van der Waals surface area contributed by atoms with Gasteiger partial charge < -0.3 is 10.1 Å². The van der Waals surface area contributed by atoms with Crippen LogP contribution in [0, 0.1) is 12.8 Å². The Bertz CT molecular complexity index is 410. The van der Waals surface area contributed by atoms with Crippen LogP contribution in [0.3, 0.4) is 0 Å². The zero-order chi connectivity index (χ0) is 13.8. The lowest BCUT2D eigenvalue weighted by molar-refractivity contribution is 0.248. The van der Waals surface area contributed by atoms with Crippen LogP contribution in [0.5, 0.6) is 5.75 Å². The lowest BCUT2D eigenvalue weighted by atomic mass is 10.0. The highest BCUT2D eigenvalue weighted by Gasteiger charge is 2.31. The Hall–Kier alpha value is -1.02. The van der Waals surface area contributed by atoms with Crippen molar-refractivity contribution in [3.05, 3.63) is 29.3 Å². The van der Waals surface area contributed by atoms with E-state index in [9.17, 15) is 0 Å². The molecule has 1 aliphatic carbocycles. The Morgan fingerprint density at radius 2 is 2.05 bits per heavy atom. The normalized spacial score (nSPS) is 16.7. The molecule has 1 aromatic rings. The van der Waals surface area contributed by atoms with Crippen LogP contribution in [0.4, 0.5) is 0 Å².